The largest absolute Gasteiger partial charge is 0.455 e. The Labute approximate surface area is 115 Å². The van der Waals surface area contributed by atoms with Gasteiger partial charge in [0.15, 0.2) is 0 Å². The van der Waals surface area contributed by atoms with Crippen LogP contribution in [0, 0.1) is 23.7 Å². The van der Waals surface area contributed by atoms with E-state index in [-0.39, 0.29) is 16.5 Å². The van der Waals surface area contributed by atoms with Crippen molar-refractivity contribution < 1.29 is 9.53 Å². The van der Waals surface area contributed by atoms with Crippen LogP contribution in [0.5, 0.6) is 0 Å². The topological polar surface area (TPSA) is 26.3 Å². The van der Waals surface area contributed by atoms with Crippen molar-refractivity contribution in [3.05, 3.63) is 11.5 Å². The molecule has 0 aliphatic heterocycles. The lowest BCUT2D eigenvalue weighted by atomic mass is 9.49. The second kappa shape index (κ2) is 4.29. The molecule has 0 aromatic carbocycles. The van der Waals surface area contributed by atoms with Gasteiger partial charge >= 0.3 is 5.97 Å². The average molecular weight is 266 g/mol. The first-order valence-corrected chi connectivity index (χ1v) is 7.61. The number of ether oxygens (including phenoxy) is 1. The summed E-state index contributed by atoms with van der Waals surface area (Å²) in [5.74, 6) is 2.63. The average Bonchev–Trinajstić information content (AvgIpc) is 2.32. The first-order valence-electron chi connectivity index (χ1n) is 7.16. The first-order chi connectivity index (χ1) is 8.55. The molecule has 100 valence electrons. The van der Waals surface area contributed by atoms with E-state index in [4.69, 9.17) is 4.74 Å². The number of hydrogen-bond acceptors (Lipinski definition) is 3. The number of thiol groups is 1. The number of rotatable bonds is 3. The van der Waals surface area contributed by atoms with Gasteiger partial charge in [-0.3, -0.25) is 0 Å². The highest BCUT2D eigenvalue weighted by molar-refractivity contribution is 7.85. The third-order valence-electron chi connectivity index (χ3n) is 5.59. The van der Waals surface area contributed by atoms with E-state index in [9.17, 15) is 4.79 Å². The van der Waals surface area contributed by atoms with E-state index in [1.54, 1.807) is 0 Å². The zero-order chi connectivity index (χ0) is 12.9. The van der Waals surface area contributed by atoms with Crippen molar-refractivity contribution in [2.75, 3.05) is 0 Å². The van der Waals surface area contributed by atoms with Gasteiger partial charge in [-0.2, -0.15) is 0 Å². The molecule has 0 amide bonds. The summed E-state index contributed by atoms with van der Waals surface area (Å²) in [7, 11) is 0. The summed E-state index contributed by atoms with van der Waals surface area (Å²) in [6.07, 6.45) is 7.38. The van der Waals surface area contributed by atoms with Crippen LogP contribution in [-0.4, -0.2) is 11.6 Å². The zero-order valence-corrected chi connectivity index (χ0v) is 11.9. The molecule has 4 saturated carbocycles. The Balaban J connectivity index is 1.87. The van der Waals surface area contributed by atoms with Crippen LogP contribution in [0.2, 0.25) is 0 Å². The van der Waals surface area contributed by atoms with Crippen LogP contribution in [0.25, 0.3) is 0 Å². The molecule has 4 rings (SSSR count). The van der Waals surface area contributed by atoms with Crippen molar-refractivity contribution in [1.29, 1.82) is 0 Å². The Morgan fingerprint density at radius 1 is 1.22 bits per heavy atom. The molecule has 0 saturated heterocycles. The molecule has 4 bridgehead atoms. The van der Waals surface area contributed by atoms with Crippen LogP contribution in [0.1, 0.15) is 45.4 Å². The number of esters is 1. The minimum absolute atomic E-state index is 0.212. The summed E-state index contributed by atoms with van der Waals surface area (Å²) in [6.45, 7) is 5.76. The molecular weight excluding hydrogens is 244 g/mol. The maximum atomic E-state index is 11.9. The van der Waals surface area contributed by atoms with E-state index >= 15 is 0 Å². The molecule has 0 spiro atoms. The van der Waals surface area contributed by atoms with Crippen molar-refractivity contribution in [3.63, 3.8) is 0 Å². The minimum atomic E-state index is -0.312. The van der Waals surface area contributed by atoms with Crippen LogP contribution in [0.3, 0.4) is 0 Å². The molecule has 0 atom stereocenters. The molecule has 0 aromatic rings. The lowest BCUT2D eigenvalue weighted by Crippen LogP contribution is -2.59. The van der Waals surface area contributed by atoms with Gasteiger partial charge in [0.2, 0.25) is 0 Å². The maximum absolute atomic E-state index is 11.9. The Hall–Kier alpha value is -0.440. The molecule has 4 fully saturated rings. The van der Waals surface area contributed by atoms with Crippen LogP contribution in [-0.2, 0) is 9.53 Å². The predicted octanol–water partition coefficient (Wildman–Crippen LogP) is 3.58. The molecular formula is C15H22O2S. The zero-order valence-electron chi connectivity index (χ0n) is 11.0. The molecule has 4 aliphatic rings. The van der Waals surface area contributed by atoms with Gasteiger partial charge in [-0.25, -0.2) is 4.79 Å². The second-order valence-electron chi connectivity index (χ2n) is 6.45. The van der Waals surface area contributed by atoms with Gasteiger partial charge in [-0.1, -0.05) is 13.5 Å². The van der Waals surface area contributed by atoms with Crippen LogP contribution in [0.15, 0.2) is 11.5 Å². The molecule has 2 nitrogen and oxygen atoms in total. The van der Waals surface area contributed by atoms with Gasteiger partial charge in [-0.05, 0) is 62.2 Å². The Bertz CT molecular complexity index is 360. The van der Waals surface area contributed by atoms with Crippen molar-refractivity contribution >= 4 is 18.6 Å². The molecule has 0 heterocycles. The summed E-state index contributed by atoms with van der Waals surface area (Å²) in [5, 5.41) is 0. The Morgan fingerprint density at radius 2 is 1.72 bits per heavy atom. The fourth-order valence-electron chi connectivity index (χ4n) is 5.03. The third-order valence-corrected chi connectivity index (χ3v) is 5.77. The summed E-state index contributed by atoms with van der Waals surface area (Å²) in [4.78, 5) is 12.1. The molecule has 0 aromatic heterocycles. The van der Waals surface area contributed by atoms with Gasteiger partial charge < -0.3 is 4.74 Å². The van der Waals surface area contributed by atoms with Crippen molar-refractivity contribution in [3.8, 4) is 0 Å². The summed E-state index contributed by atoms with van der Waals surface area (Å²) < 4.78 is 5.91. The molecule has 0 N–H and O–H groups in total. The lowest BCUT2D eigenvalue weighted by molar-refractivity contribution is -0.206. The van der Waals surface area contributed by atoms with E-state index in [2.05, 4.69) is 26.1 Å². The van der Waals surface area contributed by atoms with E-state index < -0.39 is 0 Å². The van der Waals surface area contributed by atoms with Crippen LogP contribution in [0.4, 0.5) is 0 Å². The molecule has 4 aliphatic carbocycles. The minimum Gasteiger partial charge on any atom is -0.455 e. The fourth-order valence-corrected chi connectivity index (χ4v) is 5.08. The van der Waals surface area contributed by atoms with Gasteiger partial charge in [0.1, 0.15) is 5.60 Å². The summed E-state index contributed by atoms with van der Waals surface area (Å²) >= 11 is 4.03. The normalized spacial score (nSPS) is 45.0. The van der Waals surface area contributed by atoms with E-state index in [0.717, 1.165) is 18.3 Å². The highest BCUT2D eigenvalue weighted by Crippen LogP contribution is 2.60. The van der Waals surface area contributed by atoms with Crippen molar-refractivity contribution in [2.45, 2.75) is 51.0 Å². The van der Waals surface area contributed by atoms with Crippen LogP contribution < -0.4 is 0 Å². The lowest BCUT2D eigenvalue weighted by Gasteiger charge is -2.60. The van der Waals surface area contributed by atoms with Gasteiger partial charge in [0.25, 0.3) is 0 Å². The van der Waals surface area contributed by atoms with Gasteiger partial charge in [0.05, 0.1) is 4.91 Å². The van der Waals surface area contributed by atoms with E-state index in [1.807, 2.05) is 0 Å². The third kappa shape index (κ3) is 1.74. The van der Waals surface area contributed by atoms with Gasteiger partial charge in [0, 0.05) is 0 Å². The Kier molecular flexibility index (Phi) is 3.00. The van der Waals surface area contributed by atoms with E-state index in [1.165, 1.54) is 32.1 Å². The van der Waals surface area contributed by atoms with Gasteiger partial charge in [-0.15, -0.1) is 12.6 Å². The Morgan fingerprint density at radius 3 is 2.11 bits per heavy atom. The quantitative estimate of drug-likeness (QED) is 0.480. The second-order valence-corrected chi connectivity index (χ2v) is 6.99. The number of hydrogen-bond donors (Lipinski definition) is 1. The van der Waals surface area contributed by atoms with Crippen LogP contribution >= 0.6 is 12.6 Å². The monoisotopic (exact) mass is 266 g/mol. The highest BCUT2D eigenvalue weighted by atomic mass is 32.1. The molecule has 0 unspecified atom stereocenters. The van der Waals surface area contributed by atoms with Crippen molar-refractivity contribution in [2.24, 2.45) is 23.7 Å². The SMILES string of the molecule is C=C(S)C(=O)OC1(CC)C2CC3CC(C2)CC1C3. The number of carbonyl (C=O) groups excluding carboxylic acids is 1. The standard InChI is InChI=1S/C15H22O2S/c1-3-15(17-14(16)9(2)18)12-5-10-4-11(7-12)8-13(15)6-10/h10-13,18H,2-8H2,1H3. The molecule has 3 heteroatoms. The molecule has 18 heavy (non-hydrogen) atoms. The first kappa shape index (κ1) is 12.6. The predicted molar refractivity (Wildman–Crippen MR) is 74.3 cm³/mol. The highest BCUT2D eigenvalue weighted by Gasteiger charge is 2.58. The smallest absolute Gasteiger partial charge is 0.344 e. The van der Waals surface area contributed by atoms with E-state index in [0.29, 0.717) is 11.8 Å². The maximum Gasteiger partial charge on any atom is 0.344 e. The summed E-state index contributed by atoms with van der Waals surface area (Å²) in [5.41, 5.74) is -0.212. The van der Waals surface area contributed by atoms with Crippen molar-refractivity contribution in [1.82, 2.24) is 0 Å². The molecule has 0 radical (unpaired) electrons. The summed E-state index contributed by atoms with van der Waals surface area (Å²) in [6, 6.07) is 0. The number of carbonyl (C=O) groups is 1. The fraction of sp³-hybridized carbons (Fsp3) is 0.800.